The van der Waals surface area contributed by atoms with E-state index in [0.29, 0.717) is 5.92 Å². The number of benzene rings is 1. The van der Waals surface area contributed by atoms with Crippen LogP contribution in [-0.4, -0.2) is 21.9 Å². The smallest absolute Gasteiger partial charge is 0.327 e. The Morgan fingerprint density at radius 3 is 2.81 bits per heavy atom. The van der Waals surface area contributed by atoms with Gasteiger partial charge in [-0.25, -0.2) is 0 Å². The van der Waals surface area contributed by atoms with Crippen LogP contribution in [0.3, 0.4) is 0 Å². The van der Waals surface area contributed by atoms with Gasteiger partial charge in [0.05, 0.1) is 6.61 Å². The Labute approximate surface area is 165 Å². The number of hydrogen-bond donors (Lipinski definition) is 3. The highest BCUT2D eigenvalue weighted by atomic mass is 31.2. The van der Waals surface area contributed by atoms with E-state index >= 15 is 0 Å². The molecular weight excluding hydrogens is 357 g/mol. The van der Waals surface area contributed by atoms with Crippen molar-refractivity contribution in [2.45, 2.75) is 89.0 Å². The topological polar surface area (TPSA) is 75.7 Å². The van der Waals surface area contributed by atoms with Crippen molar-refractivity contribution in [1.29, 1.82) is 0 Å². The molecule has 0 amide bonds. The van der Waals surface area contributed by atoms with Crippen LogP contribution in [0.4, 0.5) is 0 Å². The molecule has 0 spiro atoms. The summed E-state index contributed by atoms with van der Waals surface area (Å²) in [6.07, 6.45) is 13.4. The van der Waals surface area contributed by atoms with E-state index in [9.17, 15) is 0 Å². The molecule has 1 unspecified atom stereocenters. The summed E-state index contributed by atoms with van der Waals surface area (Å²) in [5.74, 6) is 1.33. The SMILES string of the molecule is CCCCCC[C@@H]1CCc2cc(C3CC[C@](N)(COP(O)O)C3)ccc2C1. The highest BCUT2D eigenvalue weighted by Gasteiger charge is 2.37. The third-order valence-electron chi connectivity index (χ3n) is 6.61. The van der Waals surface area contributed by atoms with Gasteiger partial charge < -0.3 is 20.0 Å². The van der Waals surface area contributed by atoms with Crippen LogP contribution in [-0.2, 0) is 17.4 Å². The fourth-order valence-electron chi connectivity index (χ4n) is 4.97. The number of hydrogen-bond acceptors (Lipinski definition) is 4. The second kappa shape index (κ2) is 9.80. The summed E-state index contributed by atoms with van der Waals surface area (Å²) in [5.41, 5.74) is 10.5. The molecule has 4 nitrogen and oxygen atoms in total. The summed E-state index contributed by atoms with van der Waals surface area (Å²) in [5, 5.41) is 0. The summed E-state index contributed by atoms with van der Waals surface area (Å²) < 4.78 is 5.01. The first kappa shape index (κ1) is 21.2. The van der Waals surface area contributed by atoms with Crippen LogP contribution in [0.2, 0.25) is 0 Å². The third kappa shape index (κ3) is 5.98. The molecule has 3 atom stereocenters. The van der Waals surface area contributed by atoms with Gasteiger partial charge in [0.2, 0.25) is 0 Å². The highest BCUT2D eigenvalue weighted by Crippen LogP contribution is 2.42. The van der Waals surface area contributed by atoms with E-state index in [1.54, 1.807) is 5.56 Å². The molecule has 0 aromatic heterocycles. The van der Waals surface area contributed by atoms with Crippen molar-refractivity contribution in [2.75, 3.05) is 6.61 Å². The van der Waals surface area contributed by atoms with Gasteiger partial charge in [0.1, 0.15) is 0 Å². The summed E-state index contributed by atoms with van der Waals surface area (Å²) in [6, 6.07) is 7.09. The van der Waals surface area contributed by atoms with Crippen LogP contribution < -0.4 is 5.73 Å². The Balaban J connectivity index is 1.55. The number of aryl methyl sites for hydroxylation is 1. The van der Waals surface area contributed by atoms with Gasteiger partial charge in [-0.1, -0.05) is 57.2 Å². The first-order valence-corrected chi connectivity index (χ1v) is 11.9. The van der Waals surface area contributed by atoms with Gasteiger partial charge in [-0.05, 0) is 67.1 Å². The Morgan fingerprint density at radius 1 is 1.19 bits per heavy atom. The van der Waals surface area contributed by atoms with E-state index in [-0.39, 0.29) is 6.61 Å². The average Bonchev–Trinajstić information content (AvgIpc) is 3.06. The van der Waals surface area contributed by atoms with Crippen LogP contribution in [0.1, 0.15) is 87.3 Å². The van der Waals surface area contributed by atoms with Crippen molar-refractivity contribution in [3.05, 3.63) is 34.9 Å². The normalized spacial score (nSPS) is 27.9. The molecule has 27 heavy (non-hydrogen) atoms. The van der Waals surface area contributed by atoms with Crippen LogP contribution >= 0.6 is 8.60 Å². The second-order valence-corrected chi connectivity index (χ2v) is 9.58. The lowest BCUT2D eigenvalue weighted by atomic mass is 9.79. The van der Waals surface area contributed by atoms with Crippen LogP contribution in [0.15, 0.2) is 18.2 Å². The molecule has 0 heterocycles. The molecule has 0 saturated heterocycles. The summed E-state index contributed by atoms with van der Waals surface area (Å²) in [6.45, 7) is 2.50. The van der Waals surface area contributed by atoms with Crippen molar-refractivity contribution < 1.29 is 14.3 Å². The maximum Gasteiger partial charge on any atom is 0.327 e. The molecule has 5 heteroatoms. The zero-order valence-electron chi connectivity index (χ0n) is 16.7. The molecule has 2 aliphatic carbocycles. The molecule has 0 radical (unpaired) electrons. The lowest BCUT2D eigenvalue weighted by Gasteiger charge is -2.27. The molecule has 0 aliphatic heterocycles. The summed E-state index contributed by atoms with van der Waals surface area (Å²) in [7, 11) is -2.32. The first-order chi connectivity index (χ1) is 13.0. The fraction of sp³-hybridized carbons (Fsp3) is 0.727. The molecule has 1 fully saturated rings. The van der Waals surface area contributed by atoms with Crippen molar-refractivity contribution >= 4 is 8.60 Å². The lowest BCUT2D eigenvalue weighted by Crippen LogP contribution is -2.41. The standard InChI is InChI=1S/C22H36NO3P/c1-2-3-4-5-6-17-7-8-19-14-20(10-9-18(19)13-17)21-11-12-22(23,15-21)16-26-27(24)25/h9-10,14,17,21,24-25H,2-8,11-13,15-16,23H2,1H3/t17-,21?,22-/m1/s1. The van der Waals surface area contributed by atoms with Gasteiger partial charge in [-0.3, -0.25) is 0 Å². The predicted octanol–water partition coefficient (Wildman–Crippen LogP) is 4.96. The third-order valence-corrected chi connectivity index (χ3v) is 6.97. The number of fused-ring (bicyclic) bond motifs is 1. The maximum atomic E-state index is 8.99. The maximum absolute atomic E-state index is 8.99. The van der Waals surface area contributed by atoms with E-state index in [1.807, 2.05) is 0 Å². The van der Waals surface area contributed by atoms with Crippen molar-refractivity contribution in [1.82, 2.24) is 0 Å². The van der Waals surface area contributed by atoms with E-state index in [4.69, 9.17) is 20.0 Å². The predicted molar refractivity (Wildman–Crippen MR) is 112 cm³/mol. The molecule has 1 aromatic rings. The Bertz CT molecular complexity index is 609. The molecule has 2 aliphatic rings. The van der Waals surface area contributed by atoms with Gasteiger partial charge in [0.15, 0.2) is 0 Å². The van der Waals surface area contributed by atoms with Crippen LogP contribution in [0.25, 0.3) is 0 Å². The summed E-state index contributed by atoms with van der Waals surface area (Å²) in [4.78, 5) is 18.0. The highest BCUT2D eigenvalue weighted by molar-refractivity contribution is 7.39. The average molecular weight is 394 g/mol. The minimum Gasteiger partial charge on any atom is -0.328 e. The molecule has 4 N–H and O–H groups in total. The van der Waals surface area contributed by atoms with Crippen LogP contribution in [0.5, 0.6) is 0 Å². The Kier molecular flexibility index (Phi) is 7.70. The van der Waals surface area contributed by atoms with Crippen LogP contribution in [0, 0.1) is 5.92 Å². The number of unbranched alkanes of at least 4 members (excludes halogenated alkanes) is 3. The van der Waals surface area contributed by atoms with E-state index in [1.165, 1.54) is 62.5 Å². The van der Waals surface area contributed by atoms with E-state index in [0.717, 1.165) is 25.2 Å². The van der Waals surface area contributed by atoms with Gasteiger partial charge >= 0.3 is 8.60 Å². The first-order valence-electron chi connectivity index (χ1n) is 10.7. The molecule has 3 rings (SSSR count). The van der Waals surface area contributed by atoms with Crippen molar-refractivity contribution in [2.24, 2.45) is 11.7 Å². The molecule has 1 saturated carbocycles. The molecule has 152 valence electrons. The number of rotatable bonds is 9. The van der Waals surface area contributed by atoms with E-state index < -0.39 is 14.1 Å². The van der Waals surface area contributed by atoms with Gasteiger partial charge in [0.25, 0.3) is 0 Å². The lowest BCUT2D eigenvalue weighted by molar-refractivity contribution is 0.190. The number of nitrogens with two attached hydrogens (primary N) is 1. The molecular formula is C22H36NO3P. The molecule has 1 aromatic carbocycles. The minimum atomic E-state index is -2.32. The minimum absolute atomic E-state index is 0.229. The van der Waals surface area contributed by atoms with Gasteiger partial charge in [-0.2, -0.15) is 0 Å². The zero-order valence-corrected chi connectivity index (χ0v) is 17.6. The van der Waals surface area contributed by atoms with Crippen molar-refractivity contribution in [3.8, 4) is 0 Å². The monoisotopic (exact) mass is 393 g/mol. The quantitative estimate of drug-likeness (QED) is 0.410. The van der Waals surface area contributed by atoms with Gasteiger partial charge in [0, 0.05) is 5.54 Å². The molecule has 0 bridgehead atoms. The Morgan fingerprint density at radius 2 is 2.04 bits per heavy atom. The largest absolute Gasteiger partial charge is 0.328 e. The van der Waals surface area contributed by atoms with E-state index in [2.05, 4.69) is 25.1 Å². The fourth-order valence-corrected chi connectivity index (χ4v) is 5.34. The zero-order chi connectivity index (χ0) is 19.3. The summed E-state index contributed by atoms with van der Waals surface area (Å²) >= 11 is 0. The van der Waals surface area contributed by atoms with Gasteiger partial charge in [-0.15, -0.1) is 0 Å². The Hall–Kier alpha value is -0.510. The second-order valence-electron chi connectivity index (χ2n) is 8.81. The van der Waals surface area contributed by atoms with Crippen molar-refractivity contribution in [3.63, 3.8) is 0 Å².